The lowest BCUT2D eigenvalue weighted by Gasteiger charge is -2.37. The van der Waals surface area contributed by atoms with Gasteiger partial charge in [-0.2, -0.15) is 0 Å². The number of unbranched alkanes of at least 4 members (excludes halogenated alkanes) is 2. The molecule has 2 bridgehead atoms. The maximum Gasteiger partial charge on any atom is 0.311 e. The summed E-state index contributed by atoms with van der Waals surface area (Å²) >= 11 is 8.04. The Morgan fingerprint density at radius 2 is 2.03 bits per heavy atom. The first-order valence-electron chi connectivity index (χ1n) is 12.8. The zero-order valence-corrected chi connectivity index (χ0v) is 22.8. The van der Waals surface area contributed by atoms with E-state index in [9.17, 15) is 19.5 Å². The number of ether oxygens (including phenoxy) is 1. The van der Waals surface area contributed by atoms with Crippen LogP contribution in [0.15, 0.2) is 49.6 Å². The number of amides is 2. The molecule has 2 amide bonds. The highest BCUT2D eigenvalue weighted by Gasteiger charge is 2.77. The first kappa shape index (κ1) is 27.7. The second-order valence-electron chi connectivity index (χ2n) is 10.1. The van der Waals surface area contributed by atoms with Crippen LogP contribution in [0.2, 0.25) is 5.02 Å². The van der Waals surface area contributed by atoms with Crippen LogP contribution in [0.1, 0.15) is 39.0 Å². The summed E-state index contributed by atoms with van der Waals surface area (Å²) in [5.41, 5.74) is 0.532. The number of carbonyl (C=O) groups excluding carboxylic acids is 3. The molecule has 1 spiro atoms. The molecular formula is C28H35ClN2O5S. The number of anilines is 1. The Morgan fingerprint density at radius 1 is 1.27 bits per heavy atom. The standard InChI is InChI=1S/C28H35ClN2O5S/c1-4-6-7-10-18-36-26(35)22-21-24(33)31(16-17-32)23(28(21)14-13-27(22,3)37-28)25(34)30(15-5-2)20-12-9-8-11-19(20)29/h4-5,8-9,11-12,21-23,32H,1-2,6-7,10,13-18H2,3H3/t21-,22+,23?,27-,28?/m0/s1. The van der Waals surface area contributed by atoms with Gasteiger partial charge in [-0.05, 0) is 51.2 Å². The first-order valence-corrected chi connectivity index (χ1v) is 14.0. The zero-order chi connectivity index (χ0) is 26.8. The summed E-state index contributed by atoms with van der Waals surface area (Å²) in [7, 11) is 0. The van der Waals surface area contributed by atoms with Crippen LogP contribution in [0.4, 0.5) is 5.69 Å². The van der Waals surface area contributed by atoms with Crippen molar-refractivity contribution in [1.29, 1.82) is 0 Å². The van der Waals surface area contributed by atoms with E-state index in [2.05, 4.69) is 13.2 Å². The second-order valence-corrected chi connectivity index (χ2v) is 12.4. The molecule has 37 heavy (non-hydrogen) atoms. The number of rotatable bonds is 12. The Kier molecular flexibility index (Phi) is 8.41. The topological polar surface area (TPSA) is 87.1 Å². The molecule has 0 radical (unpaired) electrons. The van der Waals surface area contributed by atoms with E-state index in [1.807, 2.05) is 13.0 Å². The number of carbonyl (C=O) groups is 3. The minimum atomic E-state index is -0.842. The molecule has 4 rings (SSSR count). The number of aliphatic hydroxyl groups excluding tert-OH is 1. The van der Waals surface area contributed by atoms with Gasteiger partial charge in [-0.3, -0.25) is 14.4 Å². The molecule has 1 N–H and O–H groups in total. The number of thioether (sulfide) groups is 1. The molecule has 3 fully saturated rings. The molecule has 3 aliphatic rings. The van der Waals surface area contributed by atoms with Gasteiger partial charge in [0.2, 0.25) is 5.91 Å². The van der Waals surface area contributed by atoms with E-state index in [-0.39, 0.29) is 37.5 Å². The largest absolute Gasteiger partial charge is 0.465 e. The van der Waals surface area contributed by atoms with Crippen molar-refractivity contribution in [2.24, 2.45) is 11.8 Å². The van der Waals surface area contributed by atoms with Crippen molar-refractivity contribution >= 4 is 46.8 Å². The van der Waals surface area contributed by atoms with Crippen LogP contribution >= 0.6 is 23.4 Å². The number of fused-ring (bicyclic) bond motifs is 1. The minimum absolute atomic E-state index is 0.0124. The highest BCUT2D eigenvalue weighted by Crippen LogP contribution is 2.71. The van der Waals surface area contributed by atoms with E-state index in [1.165, 1.54) is 4.90 Å². The number of hydrogen-bond acceptors (Lipinski definition) is 6. The summed E-state index contributed by atoms with van der Waals surface area (Å²) < 4.78 is 4.38. The lowest BCUT2D eigenvalue weighted by molar-refractivity contribution is -0.155. The molecule has 9 heteroatoms. The Labute approximate surface area is 227 Å². The van der Waals surface area contributed by atoms with E-state index in [1.54, 1.807) is 47.0 Å². The third-order valence-electron chi connectivity index (χ3n) is 7.87. The highest BCUT2D eigenvalue weighted by molar-refractivity contribution is 8.02. The van der Waals surface area contributed by atoms with Gasteiger partial charge in [-0.25, -0.2) is 0 Å². The summed E-state index contributed by atoms with van der Waals surface area (Å²) in [5.74, 6) is -2.26. The van der Waals surface area contributed by atoms with Crippen LogP contribution in [-0.2, 0) is 19.1 Å². The number of likely N-dealkylation sites (tertiary alicyclic amines) is 1. The molecule has 0 saturated carbocycles. The molecule has 0 aliphatic carbocycles. The molecule has 2 unspecified atom stereocenters. The SMILES string of the molecule is C=CCCCCOC(=O)[C@H]1[C@H]2C(=O)N(CCO)C(C(=O)N(CC=C)c3ccccc3Cl)C23CC[C@]1(C)S3. The maximum atomic E-state index is 14.3. The zero-order valence-electron chi connectivity index (χ0n) is 21.2. The Balaban J connectivity index is 1.68. The van der Waals surface area contributed by atoms with E-state index >= 15 is 0 Å². The Morgan fingerprint density at radius 3 is 2.70 bits per heavy atom. The van der Waals surface area contributed by atoms with Gasteiger partial charge in [0.15, 0.2) is 0 Å². The first-order chi connectivity index (χ1) is 17.8. The molecule has 3 saturated heterocycles. The second kappa shape index (κ2) is 11.2. The van der Waals surface area contributed by atoms with Crippen molar-refractivity contribution in [3.8, 4) is 0 Å². The predicted octanol–water partition coefficient (Wildman–Crippen LogP) is 4.23. The number of hydrogen-bond donors (Lipinski definition) is 1. The number of β-amino-alcohol motifs (C(OH)–C–C–N with tert-alkyl or cyclic N) is 1. The van der Waals surface area contributed by atoms with Crippen molar-refractivity contribution < 1.29 is 24.2 Å². The number of aliphatic hydroxyl groups is 1. The smallest absolute Gasteiger partial charge is 0.311 e. The van der Waals surface area contributed by atoms with E-state index in [0.29, 0.717) is 30.2 Å². The van der Waals surface area contributed by atoms with Gasteiger partial charge < -0.3 is 19.6 Å². The lowest BCUT2D eigenvalue weighted by atomic mass is 9.66. The Hall–Kier alpha value is -2.29. The van der Waals surface area contributed by atoms with E-state index < -0.39 is 27.4 Å². The van der Waals surface area contributed by atoms with Crippen molar-refractivity contribution in [1.82, 2.24) is 4.90 Å². The number of esters is 1. The van der Waals surface area contributed by atoms with Crippen molar-refractivity contribution in [3.63, 3.8) is 0 Å². The number of benzene rings is 1. The summed E-state index contributed by atoms with van der Waals surface area (Å²) in [6.07, 6.45) is 7.23. The average Bonchev–Trinajstić information content (AvgIpc) is 3.44. The molecule has 1 aromatic carbocycles. The fourth-order valence-electron chi connectivity index (χ4n) is 6.32. The molecule has 7 nitrogen and oxygen atoms in total. The summed E-state index contributed by atoms with van der Waals surface area (Å²) in [5, 5.41) is 10.2. The maximum absolute atomic E-state index is 14.3. The molecule has 1 aromatic rings. The van der Waals surface area contributed by atoms with Crippen LogP contribution < -0.4 is 4.90 Å². The van der Waals surface area contributed by atoms with Gasteiger partial charge in [-0.1, -0.05) is 35.9 Å². The van der Waals surface area contributed by atoms with Gasteiger partial charge in [0.1, 0.15) is 6.04 Å². The van der Waals surface area contributed by atoms with Gasteiger partial charge in [-0.15, -0.1) is 24.9 Å². The third-order valence-corrected chi connectivity index (χ3v) is 10.2. The van der Waals surface area contributed by atoms with Crippen molar-refractivity contribution in [2.75, 3.05) is 31.2 Å². The molecular weight excluding hydrogens is 512 g/mol. The van der Waals surface area contributed by atoms with Crippen LogP contribution in [0.3, 0.4) is 0 Å². The van der Waals surface area contributed by atoms with E-state index in [4.69, 9.17) is 16.3 Å². The van der Waals surface area contributed by atoms with Gasteiger partial charge in [0.25, 0.3) is 5.91 Å². The van der Waals surface area contributed by atoms with Crippen LogP contribution in [-0.4, -0.2) is 69.6 Å². The van der Waals surface area contributed by atoms with Gasteiger partial charge >= 0.3 is 5.97 Å². The monoisotopic (exact) mass is 546 g/mol. The van der Waals surface area contributed by atoms with Crippen LogP contribution in [0.25, 0.3) is 0 Å². The highest BCUT2D eigenvalue weighted by atomic mass is 35.5. The van der Waals surface area contributed by atoms with E-state index in [0.717, 1.165) is 19.3 Å². The normalized spacial score (nSPS) is 29.8. The molecule has 0 aromatic heterocycles. The van der Waals surface area contributed by atoms with Crippen LogP contribution in [0, 0.1) is 11.8 Å². The number of halogens is 1. The lowest BCUT2D eigenvalue weighted by Crippen LogP contribution is -2.55. The van der Waals surface area contributed by atoms with Gasteiger partial charge in [0.05, 0.1) is 40.5 Å². The Bertz CT molecular complexity index is 1080. The van der Waals surface area contributed by atoms with Crippen LogP contribution in [0.5, 0.6) is 0 Å². The third kappa shape index (κ3) is 4.72. The summed E-state index contributed by atoms with van der Waals surface area (Å²) in [6.45, 7) is 9.76. The molecule has 3 heterocycles. The molecule has 200 valence electrons. The fraction of sp³-hybridized carbons (Fsp3) is 0.536. The minimum Gasteiger partial charge on any atom is -0.465 e. The number of nitrogens with zero attached hydrogens (tertiary/aromatic N) is 2. The molecule has 5 atom stereocenters. The average molecular weight is 547 g/mol. The quantitative estimate of drug-likeness (QED) is 0.240. The number of para-hydroxylation sites is 1. The predicted molar refractivity (Wildman–Crippen MR) is 147 cm³/mol. The van der Waals surface area contributed by atoms with Crippen molar-refractivity contribution in [3.05, 3.63) is 54.6 Å². The van der Waals surface area contributed by atoms with Crippen molar-refractivity contribution in [2.45, 2.75) is 54.6 Å². The number of allylic oxidation sites excluding steroid dienone is 1. The summed E-state index contributed by atoms with van der Waals surface area (Å²) in [6, 6.07) is 6.22. The molecule has 3 aliphatic heterocycles. The summed E-state index contributed by atoms with van der Waals surface area (Å²) in [4.78, 5) is 44.6. The van der Waals surface area contributed by atoms with Gasteiger partial charge in [0, 0.05) is 17.8 Å². The fourth-order valence-corrected chi connectivity index (χ4v) is 8.90.